The summed E-state index contributed by atoms with van der Waals surface area (Å²) in [5.74, 6) is 1.32. The number of amides is 1. The van der Waals surface area contributed by atoms with Crippen LogP contribution in [0.25, 0.3) is 0 Å². The summed E-state index contributed by atoms with van der Waals surface area (Å²) in [6.07, 6.45) is 1.08. The van der Waals surface area contributed by atoms with Crippen LogP contribution >= 0.6 is 0 Å². The standard InChI is InChI=1S/C12H20N4O3/c1-8-3-4-13-5-10(8)15-11(17)6-18-7-12-14-9(2)16-19-12/h8,10,13H,3-7H2,1-2H3,(H,15,17). The molecule has 1 amide bonds. The highest BCUT2D eigenvalue weighted by molar-refractivity contribution is 5.77. The number of ether oxygens (including phenoxy) is 1. The van der Waals surface area contributed by atoms with Crippen LogP contribution in [-0.2, 0) is 16.1 Å². The number of carbonyl (C=O) groups is 1. The van der Waals surface area contributed by atoms with E-state index in [0.717, 1.165) is 19.5 Å². The zero-order valence-electron chi connectivity index (χ0n) is 11.3. The second-order valence-electron chi connectivity index (χ2n) is 4.87. The Morgan fingerprint density at radius 3 is 3.16 bits per heavy atom. The molecule has 0 saturated carbocycles. The first kappa shape index (κ1) is 14.0. The Balaban J connectivity index is 1.66. The minimum Gasteiger partial charge on any atom is -0.362 e. The number of aromatic nitrogens is 2. The van der Waals surface area contributed by atoms with Crippen LogP contribution in [0.5, 0.6) is 0 Å². The maximum Gasteiger partial charge on any atom is 0.252 e. The number of nitrogens with one attached hydrogen (secondary N) is 2. The molecule has 106 valence electrons. The molecule has 0 bridgehead atoms. The third-order valence-electron chi connectivity index (χ3n) is 3.20. The maximum absolute atomic E-state index is 11.7. The summed E-state index contributed by atoms with van der Waals surface area (Å²) in [5, 5.41) is 9.88. The van der Waals surface area contributed by atoms with Crippen LogP contribution in [0.1, 0.15) is 25.1 Å². The Kier molecular flexibility index (Phi) is 4.86. The van der Waals surface area contributed by atoms with Crippen molar-refractivity contribution in [2.24, 2.45) is 5.92 Å². The monoisotopic (exact) mass is 268 g/mol. The quantitative estimate of drug-likeness (QED) is 0.782. The number of aryl methyl sites for hydroxylation is 1. The van der Waals surface area contributed by atoms with Gasteiger partial charge in [0.05, 0.1) is 0 Å². The molecule has 2 heterocycles. The minimum atomic E-state index is -0.114. The van der Waals surface area contributed by atoms with Crippen molar-refractivity contribution in [3.8, 4) is 0 Å². The van der Waals surface area contributed by atoms with Crippen LogP contribution in [0.2, 0.25) is 0 Å². The first-order valence-electron chi connectivity index (χ1n) is 6.52. The summed E-state index contributed by atoms with van der Waals surface area (Å²) in [4.78, 5) is 15.7. The smallest absolute Gasteiger partial charge is 0.252 e. The van der Waals surface area contributed by atoms with Crippen molar-refractivity contribution >= 4 is 5.91 Å². The summed E-state index contributed by atoms with van der Waals surface area (Å²) >= 11 is 0. The van der Waals surface area contributed by atoms with Crippen molar-refractivity contribution in [3.63, 3.8) is 0 Å². The second kappa shape index (κ2) is 6.63. The molecule has 1 aliphatic heterocycles. The highest BCUT2D eigenvalue weighted by Gasteiger charge is 2.22. The van der Waals surface area contributed by atoms with Crippen molar-refractivity contribution in [2.75, 3.05) is 19.7 Å². The van der Waals surface area contributed by atoms with E-state index in [1.165, 1.54) is 0 Å². The van der Waals surface area contributed by atoms with E-state index in [-0.39, 0.29) is 25.2 Å². The normalized spacial score (nSPS) is 23.3. The van der Waals surface area contributed by atoms with Gasteiger partial charge in [-0.1, -0.05) is 12.1 Å². The van der Waals surface area contributed by atoms with E-state index in [0.29, 0.717) is 17.6 Å². The van der Waals surface area contributed by atoms with Gasteiger partial charge in [-0.05, 0) is 25.8 Å². The van der Waals surface area contributed by atoms with E-state index in [9.17, 15) is 4.79 Å². The van der Waals surface area contributed by atoms with Gasteiger partial charge >= 0.3 is 0 Å². The van der Waals surface area contributed by atoms with Gasteiger partial charge in [-0.2, -0.15) is 4.98 Å². The number of nitrogens with zero attached hydrogens (tertiary/aromatic N) is 2. The van der Waals surface area contributed by atoms with Crippen LogP contribution in [0.3, 0.4) is 0 Å². The lowest BCUT2D eigenvalue weighted by Gasteiger charge is -2.30. The van der Waals surface area contributed by atoms with E-state index >= 15 is 0 Å². The Bertz CT molecular complexity index is 421. The Morgan fingerprint density at radius 2 is 2.47 bits per heavy atom. The van der Waals surface area contributed by atoms with E-state index in [1.807, 2.05) is 0 Å². The topological polar surface area (TPSA) is 89.3 Å². The first-order valence-corrected chi connectivity index (χ1v) is 6.52. The summed E-state index contributed by atoms with van der Waals surface area (Å²) in [5.41, 5.74) is 0. The molecule has 2 N–H and O–H groups in total. The molecule has 1 aliphatic rings. The lowest BCUT2D eigenvalue weighted by Crippen LogP contribution is -2.51. The number of hydrogen-bond donors (Lipinski definition) is 2. The fourth-order valence-corrected chi connectivity index (χ4v) is 2.06. The minimum absolute atomic E-state index is 0.00461. The molecular formula is C12H20N4O3. The van der Waals surface area contributed by atoms with E-state index in [2.05, 4.69) is 27.7 Å². The van der Waals surface area contributed by atoms with Crippen molar-refractivity contribution in [1.29, 1.82) is 0 Å². The molecule has 2 unspecified atom stereocenters. The molecule has 0 aromatic carbocycles. The van der Waals surface area contributed by atoms with Crippen LogP contribution in [0.4, 0.5) is 0 Å². The molecule has 0 spiro atoms. The van der Waals surface area contributed by atoms with E-state index in [1.54, 1.807) is 6.92 Å². The molecule has 7 nitrogen and oxygen atoms in total. The van der Waals surface area contributed by atoms with Gasteiger partial charge in [0, 0.05) is 12.6 Å². The highest BCUT2D eigenvalue weighted by atomic mass is 16.5. The maximum atomic E-state index is 11.7. The Labute approximate surface area is 112 Å². The van der Waals surface area contributed by atoms with E-state index in [4.69, 9.17) is 9.26 Å². The van der Waals surface area contributed by atoms with Crippen LogP contribution in [-0.4, -0.2) is 41.8 Å². The van der Waals surface area contributed by atoms with Crippen molar-refractivity contribution in [3.05, 3.63) is 11.7 Å². The summed E-state index contributed by atoms with van der Waals surface area (Å²) < 4.78 is 10.1. The van der Waals surface area contributed by atoms with Crippen LogP contribution < -0.4 is 10.6 Å². The van der Waals surface area contributed by atoms with Crippen LogP contribution in [0, 0.1) is 12.8 Å². The number of piperidine rings is 1. The Morgan fingerprint density at radius 1 is 1.63 bits per heavy atom. The molecule has 2 rings (SSSR count). The van der Waals surface area contributed by atoms with Gasteiger partial charge in [0.1, 0.15) is 13.2 Å². The highest BCUT2D eigenvalue weighted by Crippen LogP contribution is 2.10. The van der Waals surface area contributed by atoms with Gasteiger partial charge in [-0.3, -0.25) is 4.79 Å². The average Bonchev–Trinajstić information content (AvgIpc) is 2.78. The third-order valence-corrected chi connectivity index (χ3v) is 3.20. The zero-order chi connectivity index (χ0) is 13.7. The largest absolute Gasteiger partial charge is 0.362 e. The van der Waals surface area contributed by atoms with Gasteiger partial charge in [0.2, 0.25) is 5.91 Å². The molecule has 1 aromatic rings. The van der Waals surface area contributed by atoms with Crippen molar-refractivity contribution < 1.29 is 14.1 Å². The fourth-order valence-electron chi connectivity index (χ4n) is 2.06. The SMILES string of the molecule is Cc1noc(COCC(=O)NC2CNCCC2C)n1. The third kappa shape index (κ3) is 4.29. The van der Waals surface area contributed by atoms with Gasteiger partial charge < -0.3 is 19.9 Å². The molecule has 1 fully saturated rings. The molecule has 1 aromatic heterocycles. The van der Waals surface area contributed by atoms with Gasteiger partial charge in [-0.15, -0.1) is 0 Å². The van der Waals surface area contributed by atoms with Crippen molar-refractivity contribution in [2.45, 2.75) is 32.9 Å². The zero-order valence-corrected chi connectivity index (χ0v) is 11.3. The average molecular weight is 268 g/mol. The van der Waals surface area contributed by atoms with E-state index < -0.39 is 0 Å². The summed E-state index contributed by atoms with van der Waals surface area (Å²) in [6.45, 7) is 5.87. The van der Waals surface area contributed by atoms with Crippen LogP contribution in [0.15, 0.2) is 4.52 Å². The number of hydrogen-bond acceptors (Lipinski definition) is 6. The lowest BCUT2D eigenvalue weighted by molar-refractivity contribution is -0.127. The van der Waals surface area contributed by atoms with Gasteiger partial charge in [0.15, 0.2) is 5.82 Å². The number of carbonyl (C=O) groups excluding carboxylic acids is 1. The fraction of sp³-hybridized carbons (Fsp3) is 0.750. The van der Waals surface area contributed by atoms with Crippen molar-refractivity contribution in [1.82, 2.24) is 20.8 Å². The first-order chi connectivity index (χ1) is 9.15. The lowest BCUT2D eigenvalue weighted by atomic mass is 9.95. The van der Waals surface area contributed by atoms with Gasteiger partial charge in [0.25, 0.3) is 5.89 Å². The molecule has 2 atom stereocenters. The summed E-state index contributed by atoms with van der Waals surface area (Å²) in [7, 11) is 0. The second-order valence-corrected chi connectivity index (χ2v) is 4.87. The summed E-state index contributed by atoms with van der Waals surface area (Å²) in [6, 6.07) is 0.176. The molecule has 0 radical (unpaired) electrons. The molecule has 0 aliphatic carbocycles. The predicted molar refractivity (Wildman–Crippen MR) is 67.3 cm³/mol. The molecule has 7 heteroatoms. The Hall–Kier alpha value is -1.47. The molecule has 19 heavy (non-hydrogen) atoms. The van der Waals surface area contributed by atoms with Gasteiger partial charge in [-0.25, -0.2) is 0 Å². The predicted octanol–water partition coefficient (Wildman–Crippen LogP) is 0.00882. The molecule has 1 saturated heterocycles. The molecular weight excluding hydrogens is 248 g/mol. The number of rotatable bonds is 5.